The van der Waals surface area contributed by atoms with Crippen LogP contribution in [0.15, 0.2) is 48.6 Å². The summed E-state index contributed by atoms with van der Waals surface area (Å²) in [6, 6.07) is 12.5. The quantitative estimate of drug-likeness (QED) is 0.652. The van der Waals surface area contributed by atoms with Crippen LogP contribution in [0.2, 0.25) is 0 Å². The lowest BCUT2D eigenvalue weighted by molar-refractivity contribution is 0.840. The van der Waals surface area contributed by atoms with Gasteiger partial charge in [0, 0.05) is 0 Å². The molecular weight excluding hydrogens is 170 g/mol. The molecule has 1 aromatic carbocycles. The Kier molecular flexibility index (Phi) is 2.46. The van der Waals surface area contributed by atoms with Gasteiger partial charge >= 0.3 is 0 Å². The first-order valence-electron chi connectivity index (χ1n) is 4.73. The van der Waals surface area contributed by atoms with Crippen molar-refractivity contribution in [1.82, 2.24) is 0 Å². The van der Waals surface area contributed by atoms with Crippen LogP contribution in [0.3, 0.4) is 0 Å². The molecule has 0 saturated carbocycles. The maximum absolute atomic E-state index is 8.72. The van der Waals surface area contributed by atoms with Gasteiger partial charge in [-0.05, 0) is 17.6 Å². The Morgan fingerprint density at radius 3 is 2.57 bits per heavy atom. The summed E-state index contributed by atoms with van der Waals surface area (Å²) in [6.45, 7) is 0. The van der Waals surface area contributed by atoms with Crippen LogP contribution in [0.25, 0.3) is 5.57 Å². The molecule has 0 N–H and O–H groups in total. The number of hydrogen-bond acceptors (Lipinski definition) is 1. The van der Waals surface area contributed by atoms with Crippen LogP contribution in [-0.4, -0.2) is 0 Å². The largest absolute Gasteiger partial charge is 0.198 e. The lowest BCUT2D eigenvalue weighted by Crippen LogP contribution is -1.95. The SMILES string of the molecule is N#CC1C=CC(c2ccccc2)=CC1. The first-order chi connectivity index (χ1) is 6.90. The second kappa shape index (κ2) is 3.93. The van der Waals surface area contributed by atoms with Gasteiger partial charge in [0.1, 0.15) is 0 Å². The summed E-state index contributed by atoms with van der Waals surface area (Å²) in [7, 11) is 0. The highest BCUT2D eigenvalue weighted by atomic mass is 14.3. The van der Waals surface area contributed by atoms with Gasteiger partial charge in [-0.2, -0.15) is 5.26 Å². The summed E-state index contributed by atoms with van der Waals surface area (Å²) in [5, 5.41) is 8.72. The third-order valence-corrected chi connectivity index (χ3v) is 2.37. The molecule has 0 aromatic heterocycles. The molecule has 0 amide bonds. The fourth-order valence-corrected chi connectivity index (χ4v) is 1.56. The fraction of sp³-hybridized carbons (Fsp3) is 0.154. The average Bonchev–Trinajstić information content (AvgIpc) is 2.30. The third kappa shape index (κ3) is 1.75. The summed E-state index contributed by atoms with van der Waals surface area (Å²) in [4.78, 5) is 0. The molecule has 0 heterocycles. The molecule has 1 aromatic rings. The molecule has 0 bridgehead atoms. The Labute approximate surface area is 84.0 Å². The second-order valence-electron chi connectivity index (χ2n) is 3.36. The second-order valence-corrected chi connectivity index (χ2v) is 3.36. The standard InChI is InChI=1S/C13H11N/c14-10-11-6-8-13(9-7-11)12-4-2-1-3-5-12/h1-6,8-9,11H,7H2. The highest BCUT2D eigenvalue weighted by Gasteiger charge is 2.07. The minimum Gasteiger partial charge on any atom is -0.198 e. The molecule has 1 unspecified atom stereocenters. The van der Waals surface area contributed by atoms with Crippen LogP contribution in [0.5, 0.6) is 0 Å². The number of benzene rings is 1. The van der Waals surface area contributed by atoms with E-state index in [9.17, 15) is 0 Å². The van der Waals surface area contributed by atoms with E-state index in [0.717, 1.165) is 6.42 Å². The van der Waals surface area contributed by atoms with Crippen molar-refractivity contribution in [3.8, 4) is 6.07 Å². The minimum absolute atomic E-state index is 0.0578. The molecule has 14 heavy (non-hydrogen) atoms. The highest BCUT2D eigenvalue weighted by Crippen LogP contribution is 2.23. The van der Waals surface area contributed by atoms with Gasteiger partial charge in [0.2, 0.25) is 0 Å². The zero-order chi connectivity index (χ0) is 9.80. The first-order valence-corrected chi connectivity index (χ1v) is 4.73. The molecule has 1 nitrogen and oxygen atoms in total. The maximum atomic E-state index is 8.72. The summed E-state index contributed by atoms with van der Waals surface area (Å²) >= 11 is 0. The lowest BCUT2D eigenvalue weighted by Gasteiger charge is -2.09. The van der Waals surface area contributed by atoms with Gasteiger partial charge in [-0.3, -0.25) is 0 Å². The van der Waals surface area contributed by atoms with Gasteiger partial charge in [-0.25, -0.2) is 0 Å². The number of nitrogens with zero attached hydrogens (tertiary/aromatic N) is 1. The van der Waals surface area contributed by atoms with Crippen molar-refractivity contribution in [3.63, 3.8) is 0 Å². The fourth-order valence-electron chi connectivity index (χ4n) is 1.56. The van der Waals surface area contributed by atoms with E-state index in [2.05, 4.69) is 24.3 Å². The maximum Gasteiger partial charge on any atom is 0.0700 e. The van der Waals surface area contributed by atoms with E-state index >= 15 is 0 Å². The molecule has 0 spiro atoms. The molecule has 1 aliphatic rings. The Balaban J connectivity index is 2.21. The molecule has 0 aliphatic heterocycles. The van der Waals surface area contributed by atoms with Crippen molar-refractivity contribution < 1.29 is 0 Å². The van der Waals surface area contributed by atoms with Crippen molar-refractivity contribution in [1.29, 1.82) is 5.26 Å². The van der Waals surface area contributed by atoms with Crippen LogP contribution in [0, 0.1) is 17.2 Å². The summed E-state index contributed by atoms with van der Waals surface area (Å²) in [5.74, 6) is 0.0578. The van der Waals surface area contributed by atoms with Crippen LogP contribution in [-0.2, 0) is 0 Å². The molecule has 1 atom stereocenters. The van der Waals surface area contributed by atoms with E-state index in [4.69, 9.17) is 5.26 Å². The van der Waals surface area contributed by atoms with Crippen molar-refractivity contribution in [2.45, 2.75) is 6.42 Å². The van der Waals surface area contributed by atoms with Gasteiger partial charge in [0.05, 0.1) is 12.0 Å². The molecule has 2 rings (SSSR count). The molecule has 1 heteroatoms. The van der Waals surface area contributed by atoms with E-state index in [1.54, 1.807) is 0 Å². The number of rotatable bonds is 1. The lowest BCUT2D eigenvalue weighted by atomic mass is 9.94. The van der Waals surface area contributed by atoms with Crippen LogP contribution in [0.4, 0.5) is 0 Å². The summed E-state index contributed by atoms with van der Waals surface area (Å²) < 4.78 is 0. The topological polar surface area (TPSA) is 23.8 Å². The van der Waals surface area contributed by atoms with E-state index < -0.39 is 0 Å². The summed E-state index contributed by atoms with van der Waals surface area (Å²) in [6.07, 6.45) is 6.97. The van der Waals surface area contributed by atoms with E-state index in [1.807, 2.05) is 30.4 Å². The Bertz CT molecular complexity index is 407. The monoisotopic (exact) mass is 181 g/mol. The van der Waals surface area contributed by atoms with Crippen molar-refractivity contribution in [2.75, 3.05) is 0 Å². The predicted molar refractivity (Wildman–Crippen MR) is 57.3 cm³/mol. The number of hydrogen-bond donors (Lipinski definition) is 0. The average molecular weight is 181 g/mol. The zero-order valence-electron chi connectivity index (χ0n) is 7.85. The normalized spacial score (nSPS) is 19.9. The predicted octanol–water partition coefficient (Wildman–Crippen LogP) is 3.17. The molecule has 1 aliphatic carbocycles. The number of nitriles is 1. The molecule has 68 valence electrons. The third-order valence-electron chi connectivity index (χ3n) is 2.37. The number of allylic oxidation sites excluding steroid dienone is 4. The first kappa shape index (κ1) is 8.77. The Hall–Kier alpha value is -1.81. The van der Waals surface area contributed by atoms with Crippen molar-refractivity contribution in [2.24, 2.45) is 5.92 Å². The molecular formula is C13H11N. The summed E-state index contributed by atoms with van der Waals surface area (Å²) in [5.41, 5.74) is 2.44. The molecule has 0 radical (unpaired) electrons. The van der Waals surface area contributed by atoms with Gasteiger partial charge in [0.25, 0.3) is 0 Å². The molecule has 0 fully saturated rings. The van der Waals surface area contributed by atoms with E-state index in [0.29, 0.717) is 0 Å². The van der Waals surface area contributed by atoms with Gasteiger partial charge in [0.15, 0.2) is 0 Å². The van der Waals surface area contributed by atoms with Gasteiger partial charge in [-0.15, -0.1) is 0 Å². The minimum atomic E-state index is 0.0578. The highest BCUT2D eigenvalue weighted by molar-refractivity contribution is 5.74. The van der Waals surface area contributed by atoms with Crippen molar-refractivity contribution in [3.05, 3.63) is 54.1 Å². The van der Waals surface area contributed by atoms with Crippen LogP contribution in [0.1, 0.15) is 12.0 Å². The van der Waals surface area contributed by atoms with Gasteiger partial charge < -0.3 is 0 Å². The van der Waals surface area contributed by atoms with Crippen molar-refractivity contribution >= 4 is 5.57 Å². The van der Waals surface area contributed by atoms with Crippen LogP contribution < -0.4 is 0 Å². The van der Waals surface area contributed by atoms with E-state index in [1.165, 1.54) is 11.1 Å². The van der Waals surface area contributed by atoms with Gasteiger partial charge in [-0.1, -0.05) is 48.6 Å². The zero-order valence-corrected chi connectivity index (χ0v) is 7.85. The molecule has 0 saturated heterocycles. The van der Waals surface area contributed by atoms with E-state index in [-0.39, 0.29) is 5.92 Å². The smallest absolute Gasteiger partial charge is 0.0700 e. The Morgan fingerprint density at radius 1 is 1.21 bits per heavy atom. The Morgan fingerprint density at radius 2 is 2.00 bits per heavy atom. The van der Waals surface area contributed by atoms with Crippen LogP contribution >= 0.6 is 0 Å².